The van der Waals surface area contributed by atoms with E-state index in [9.17, 15) is 9.18 Å². The van der Waals surface area contributed by atoms with Crippen LogP contribution in [-0.2, 0) is 9.53 Å². The van der Waals surface area contributed by atoms with Crippen LogP contribution in [0, 0.1) is 5.82 Å². The highest BCUT2D eigenvalue weighted by molar-refractivity contribution is 5.76. The number of benzene rings is 1. The summed E-state index contributed by atoms with van der Waals surface area (Å²) in [6.45, 7) is 10.9. The van der Waals surface area contributed by atoms with Crippen molar-refractivity contribution in [3.63, 3.8) is 0 Å². The summed E-state index contributed by atoms with van der Waals surface area (Å²) >= 11 is 0. The molecule has 0 aliphatic carbocycles. The number of Topliss-reactive ketones (excluding diaryl/α,β-unsaturated/α-hetero) is 1. The minimum atomic E-state index is -0.421. The number of carbonyl (C=O) groups is 1. The zero-order valence-corrected chi connectivity index (χ0v) is 19.9. The third kappa shape index (κ3) is 5.79. The summed E-state index contributed by atoms with van der Waals surface area (Å²) in [6.07, 6.45) is 2.53. The van der Waals surface area contributed by atoms with Crippen molar-refractivity contribution >= 4 is 17.5 Å². The summed E-state index contributed by atoms with van der Waals surface area (Å²) < 4.78 is 26.6. The number of halogens is 1. The third-order valence-corrected chi connectivity index (χ3v) is 6.21. The molecule has 8 heteroatoms. The lowest BCUT2D eigenvalue weighted by atomic mass is 9.96. The molecular weight excluding hydrogens is 423 g/mol. The molecule has 33 heavy (non-hydrogen) atoms. The summed E-state index contributed by atoms with van der Waals surface area (Å²) in [5.41, 5.74) is 0.828. The van der Waals surface area contributed by atoms with Gasteiger partial charge in [0.1, 0.15) is 17.6 Å². The highest BCUT2D eigenvalue weighted by Gasteiger charge is 2.31. The van der Waals surface area contributed by atoms with Crippen molar-refractivity contribution < 1.29 is 18.7 Å². The molecule has 3 heterocycles. The van der Waals surface area contributed by atoms with E-state index in [0.29, 0.717) is 51.0 Å². The molecule has 2 aliphatic rings. The van der Waals surface area contributed by atoms with Gasteiger partial charge in [-0.1, -0.05) is 19.1 Å². The first-order chi connectivity index (χ1) is 15.7. The van der Waals surface area contributed by atoms with Crippen molar-refractivity contribution in [2.45, 2.75) is 58.2 Å². The normalized spacial score (nSPS) is 21.2. The smallest absolute Gasteiger partial charge is 0.227 e. The van der Waals surface area contributed by atoms with Crippen LogP contribution in [0.1, 0.15) is 52.0 Å². The third-order valence-electron chi connectivity index (χ3n) is 6.21. The summed E-state index contributed by atoms with van der Waals surface area (Å²) in [5, 5.41) is 0. The second kappa shape index (κ2) is 9.63. The summed E-state index contributed by atoms with van der Waals surface area (Å²) in [4.78, 5) is 24.1. The van der Waals surface area contributed by atoms with Gasteiger partial charge in [0, 0.05) is 32.5 Å². The van der Waals surface area contributed by atoms with Crippen LogP contribution in [0.4, 0.5) is 16.2 Å². The maximum Gasteiger partial charge on any atom is 0.227 e. The average Bonchev–Trinajstić information content (AvgIpc) is 3.21. The lowest BCUT2D eigenvalue weighted by molar-refractivity contribution is -0.117. The van der Waals surface area contributed by atoms with Gasteiger partial charge in [-0.15, -0.1) is 0 Å². The van der Waals surface area contributed by atoms with Gasteiger partial charge in [0.15, 0.2) is 11.6 Å². The number of morpholine rings is 1. The van der Waals surface area contributed by atoms with Crippen LogP contribution in [0.15, 0.2) is 30.5 Å². The minimum absolute atomic E-state index is 0.0503. The van der Waals surface area contributed by atoms with Crippen molar-refractivity contribution in [3.8, 4) is 5.75 Å². The van der Waals surface area contributed by atoms with E-state index in [4.69, 9.17) is 9.47 Å². The Bertz CT molecular complexity index is 982. The van der Waals surface area contributed by atoms with Crippen molar-refractivity contribution in [2.75, 3.05) is 42.6 Å². The molecule has 0 unspecified atom stereocenters. The number of ether oxygens (including phenoxy) is 2. The molecule has 1 aromatic carbocycles. The summed E-state index contributed by atoms with van der Waals surface area (Å²) in [5.74, 6) is 1.58. The van der Waals surface area contributed by atoms with Crippen LogP contribution in [0.5, 0.6) is 5.75 Å². The molecule has 2 saturated heterocycles. The van der Waals surface area contributed by atoms with Gasteiger partial charge < -0.3 is 24.1 Å². The Balaban J connectivity index is 1.39. The fourth-order valence-electron chi connectivity index (χ4n) is 4.54. The molecule has 1 aromatic heterocycles. The fourth-order valence-corrected chi connectivity index (χ4v) is 4.54. The molecule has 0 radical (unpaired) electrons. The van der Waals surface area contributed by atoms with Crippen molar-refractivity contribution in [3.05, 3.63) is 41.8 Å². The largest absolute Gasteiger partial charge is 0.489 e. The Morgan fingerprint density at radius 3 is 2.73 bits per heavy atom. The molecule has 2 aromatic rings. The van der Waals surface area contributed by atoms with Crippen molar-refractivity contribution in [2.24, 2.45) is 0 Å². The standard InChI is InChI=1S/C25H33FN4O3/c1-17(13-18(2)31)19-5-7-20(8-6-19)33-21-9-10-29(15-21)23-22(26)14-27-24(28-23)30-11-12-32-25(3,4)16-30/h5-8,14,17,21H,9-13,15-16H2,1-4H3/t17-,21-/m1/s1. The van der Waals surface area contributed by atoms with Gasteiger partial charge in [-0.3, -0.25) is 0 Å². The molecule has 0 N–H and O–H groups in total. The lowest BCUT2D eigenvalue weighted by Crippen LogP contribution is -2.49. The van der Waals surface area contributed by atoms with E-state index in [1.165, 1.54) is 6.20 Å². The van der Waals surface area contributed by atoms with E-state index >= 15 is 0 Å². The van der Waals surface area contributed by atoms with Crippen LogP contribution < -0.4 is 14.5 Å². The van der Waals surface area contributed by atoms with Crippen LogP contribution >= 0.6 is 0 Å². The van der Waals surface area contributed by atoms with Crippen LogP contribution in [0.2, 0.25) is 0 Å². The number of carbonyl (C=O) groups excluding carboxylic acids is 1. The monoisotopic (exact) mass is 456 g/mol. The maximum absolute atomic E-state index is 14.6. The van der Waals surface area contributed by atoms with Gasteiger partial charge >= 0.3 is 0 Å². The molecule has 4 rings (SSSR count). The van der Waals surface area contributed by atoms with Gasteiger partial charge in [-0.2, -0.15) is 4.98 Å². The summed E-state index contributed by atoms with van der Waals surface area (Å²) in [6, 6.07) is 7.90. The van der Waals surface area contributed by atoms with Crippen LogP contribution in [-0.4, -0.2) is 60.2 Å². The highest BCUT2D eigenvalue weighted by Crippen LogP contribution is 2.28. The first kappa shape index (κ1) is 23.4. The number of rotatable bonds is 7. The van der Waals surface area contributed by atoms with Crippen molar-refractivity contribution in [1.82, 2.24) is 9.97 Å². The second-order valence-corrected chi connectivity index (χ2v) is 9.72. The molecule has 0 spiro atoms. The number of aromatic nitrogens is 2. The Labute approximate surface area is 194 Å². The SMILES string of the molecule is CC(=O)C[C@@H](C)c1ccc(O[C@@H]2CCN(c3nc(N4CCOC(C)(C)C4)ncc3F)C2)cc1. The van der Waals surface area contributed by atoms with Crippen LogP contribution in [0.3, 0.4) is 0 Å². The number of anilines is 2. The second-order valence-electron chi connectivity index (χ2n) is 9.72. The minimum Gasteiger partial charge on any atom is -0.489 e. The van der Waals surface area contributed by atoms with E-state index in [-0.39, 0.29) is 23.4 Å². The molecule has 2 fully saturated rings. The molecule has 178 valence electrons. The Morgan fingerprint density at radius 2 is 2.03 bits per heavy atom. The van der Waals surface area contributed by atoms with E-state index in [2.05, 4.69) is 16.9 Å². The van der Waals surface area contributed by atoms with Crippen LogP contribution in [0.25, 0.3) is 0 Å². The molecular formula is C25H33FN4O3. The molecule has 2 atom stereocenters. The summed E-state index contributed by atoms with van der Waals surface area (Å²) in [7, 11) is 0. The number of hydrogen-bond acceptors (Lipinski definition) is 7. The van der Waals surface area contributed by atoms with E-state index in [1.807, 2.05) is 47.9 Å². The van der Waals surface area contributed by atoms with Gasteiger partial charge in [0.2, 0.25) is 5.95 Å². The fraction of sp³-hybridized carbons (Fsp3) is 0.560. The first-order valence-corrected chi connectivity index (χ1v) is 11.6. The number of ketones is 1. The van der Waals surface area contributed by atoms with Gasteiger partial charge in [-0.25, -0.2) is 9.37 Å². The van der Waals surface area contributed by atoms with Gasteiger partial charge in [-0.05, 0) is 44.4 Å². The number of hydrogen-bond donors (Lipinski definition) is 0. The average molecular weight is 457 g/mol. The lowest BCUT2D eigenvalue weighted by Gasteiger charge is -2.38. The first-order valence-electron chi connectivity index (χ1n) is 11.6. The van der Waals surface area contributed by atoms with Gasteiger partial charge in [0.25, 0.3) is 0 Å². The maximum atomic E-state index is 14.6. The van der Waals surface area contributed by atoms with E-state index in [0.717, 1.165) is 17.7 Å². The molecule has 0 bridgehead atoms. The zero-order valence-electron chi connectivity index (χ0n) is 19.9. The van der Waals surface area contributed by atoms with Gasteiger partial charge in [0.05, 0.1) is 24.9 Å². The topological polar surface area (TPSA) is 67.8 Å². The molecule has 2 aliphatic heterocycles. The highest BCUT2D eigenvalue weighted by atomic mass is 19.1. The Kier molecular flexibility index (Phi) is 6.83. The number of nitrogens with zero attached hydrogens (tertiary/aromatic N) is 4. The Hall–Kier alpha value is -2.74. The Morgan fingerprint density at radius 1 is 1.27 bits per heavy atom. The van der Waals surface area contributed by atoms with E-state index < -0.39 is 5.82 Å². The quantitative estimate of drug-likeness (QED) is 0.624. The van der Waals surface area contributed by atoms with E-state index in [1.54, 1.807) is 6.92 Å². The molecule has 0 amide bonds. The van der Waals surface area contributed by atoms with Crippen molar-refractivity contribution in [1.29, 1.82) is 0 Å². The molecule has 0 saturated carbocycles. The molecule has 7 nitrogen and oxygen atoms in total. The zero-order chi connectivity index (χ0) is 23.6. The predicted molar refractivity (Wildman–Crippen MR) is 126 cm³/mol. The predicted octanol–water partition coefficient (Wildman–Crippen LogP) is 3.97.